The average Bonchev–Trinajstić information content (AvgIpc) is 2.69. The molecule has 1 aliphatic rings. The molecule has 1 saturated heterocycles. The quantitative estimate of drug-likeness (QED) is 0.632. The molecule has 1 atom stereocenters. The maximum absolute atomic E-state index is 13.0. The molecule has 2 aromatic carbocycles. The van der Waals surface area contributed by atoms with Gasteiger partial charge in [0.25, 0.3) is 5.91 Å². The summed E-state index contributed by atoms with van der Waals surface area (Å²) >= 11 is 0. The summed E-state index contributed by atoms with van der Waals surface area (Å²) in [4.78, 5) is 49.6. The highest BCUT2D eigenvalue weighted by Crippen LogP contribution is 2.27. The first-order valence-electron chi connectivity index (χ1n) is 8.96. The van der Waals surface area contributed by atoms with Crippen molar-refractivity contribution in [2.24, 2.45) is 5.92 Å². The number of anilines is 3. The van der Waals surface area contributed by atoms with Gasteiger partial charge < -0.3 is 15.4 Å². The van der Waals surface area contributed by atoms with Crippen LogP contribution in [0.3, 0.4) is 0 Å². The van der Waals surface area contributed by atoms with Crippen molar-refractivity contribution < 1.29 is 23.9 Å². The number of nitrogens with one attached hydrogen (secondary N) is 3. The number of barbiturate groups is 1. The van der Waals surface area contributed by atoms with E-state index in [0.29, 0.717) is 22.8 Å². The predicted molar refractivity (Wildman–Crippen MR) is 111 cm³/mol. The van der Waals surface area contributed by atoms with Gasteiger partial charge in [-0.25, -0.2) is 9.69 Å². The van der Waals surface area contributed by atoms with E-state index in [-0.39, 0.29) is 11.6 Å². The lowest BCUT2D eigenvalue weighted by molar-refractivity contribution is -0.132. The number of rotatable bonds is 6. The van der Waals surface area contributed by atoms with Crippen LogP contribution in [-0.2, 0) is 14.4 Å². The molecule has 154 valence electrons. The van der Waals surface area contributed by atoms with Gasteiger partial charge in [0, 0.05) is 24.0 Å². The van der Waals surface area contributed by atoms with E-state index in [4.69, 9.17) is 4.74 Å². The Morgan fingerprint density at radius 3 is 2.10 bits per heavy atom. The molecule has 2 aromatic rings. The Labute approximate surface area is 172 Å². The van der Waals surface area contributed by atoms with Crippen molar-refractivity contribution in [1.29, 1.82) is 0 Å². The zero-order valence-corrected chi connectivity index (χ0v) is 16.4. The molecule has 9 nitrogen and oxygen atoms in total. The predicted octanol–water partition coefficient (Wildman–Crippen LogP) is 2.48. The van der Waals surface area contributed by atoms with Crippen LogP contribution in [0.15, 0.2) is 60.8 Å². The number of imide groups is 2. The van der Waals surface area contributed by atoms with Crippen molar-refractivity contribution >= 4 is 40.8 Å². The average molecular weight is 408 g/mol. The minimum atomic E-state index is -1.31. The Bertz CT molecular complexity index is 1010. The largest absolute Gasteiger partial charge is 0.497 e. The minimum absolute atomic E-state index is 0.107. The second-order valence-corrected chi connectivity index (χ2v) is 6.51. The number of hydrogen-bond acceptors (Lipinski definition) is 6. The maximum Gasteiger partial charge on any atom is 0.335 e. The molecule has 0 saturated carbocycles. The molecular weight excluding hydrogens is 388 g/mol. The first-order valence-corrected chi connectivity index (χ1v) is 8.96. The third-order valence-electron chi connectivity index (χ3n) is 4.35. The number of carbonyl (C=O) groups excluding carboxylic acids is 4. The Morgan fingerprint density at radius 1 is 1.00 bits per heavy atom. The van der Waals surface area contributed by atoms with E-state index in [9.17, 15) is 19.2 Å². The number of urea groups is 1. The lowest BCUT2D eigenvalue weighted by atomic mass is 10.0. The van der Waals surface area contributed by atoms with Crippen molar-refractivity contribution in [2.45, 2.75) is 6.92 Å². The van der Waals surface area contributed by atoms with Crippen molar-refractivity contribution in [3.63, 3.8) is 0 Å². The first-order chi connectivity index (χ1) is 14.3. The van der Waals surface area contributed by atoms with E-state index in [1.807, 2.05) is 0 Å². The monoisotopic (exact) mass is 408 g/mol. The molecule has 30 heavy (non-hydrogen) atoms. The van der Waals surface area contributed by atoms with Crippen molar-refractivity contribution in [2.75, 3.05) is 22.6 Å². The number of nitrogens with zero attached hydrogens (tertiary/aromatic N) is 1. The number of amides is 5. The highest BCUT2D eigenvalue weighted by molar-refractivity contribution is 6.28. The molecule has 3 N–H and O–H groups in total. The summed E-state index contributed by atoms with van der Waals surface area (Å²) in [6.45, 7) is 5.21. The van der Waals surface area contributed by atoms with Crippen LogP contribution in [0.2, 0.25) is 0 Å². The molecule has 3 rings (SSSR count). The van der Waals surface area contributed by atoms with Crippen molar-refractivity contribution in [1.82, 2.24) is 5.32 Å². The number of methoxy groups -OCH3 is 1. The van der Waals surface area contributed by atoms with Gasteiger partial charge in [-0.1, -0.05) is 6.58 Å². The van der Waals surface area contributed by atoms with Crippen LogP contribution < -0.4 is 25.6 Å². The van der Waals surface area contributed by atoms with E-state index < -0.39 is 23.8 Å². The van der Waals surface area contributed by atoms with Crippen molar-refractivity contribution in [3.8, 4) is 5.75 Å². The van der Waals surface area contributed by atoms with Gasteiger partial charge in [-0.2, -0.15) is 0 Å². The van der Waals surface area contributed by atoms with Crippen molar-refractivity contribution in [3.05, 3.63) is 60.8 Å². The fourth-order valence-electron chi connectivity index (χ4n) is 2.96. The third-order valence-corrected chi connectivity index (χ3v) is 4.35. The highest BCUT2D eigenvalue weighted by atomic mass is 16.5. The normalized spacial score (nSPS) is 16.0. The summed E-state index contributed by atoms with van der Waals surface area (Å²) in [6, 6.07) is 12.1. The van der Waals surface area contributed by atoms with Gasteiger partial charge in [0.15, 0.2) is 5.92 Å². The first kappa shape index (κ1) is 20.6. The number of ether oxygens (including phenoxy) is 1. The summed E-state index contributed by atoms with van der Waals surface area (Å²) in [5.74, 6) is -2.43. The maximum atomic E-state index is 13.0. The minimum Gasteiger partial charge on any atom is -0.497 e. The van der Waals surface area contributed by atoms with Gasteiger partial charge in [0.05, 0.1) is 12.8 Å². The molecule has 0 radical (unpaired) electrons. The van der Waals surface area contributed by atoms with Crippen LogP contribution >= 0.6 is 0 Å². The summed E-state index contributed by atoms with van der Waals surface area (Å²) in [7, 11) is 1.50. The number of carbonyl (C=O) groups is 4. The summed E-state index contributed by atoms with van der Waals surface area (Å²) < 4.78 is 5.08. The summed E-state index contributed by atoms with van der Waals surface area (Å²) in [5, 5.41) is 7.73. The van der Waals surface area contributed by atoms with E-state index in [0.717, 1.165) is 4.90 Å². The van der Waals surface area contributed by atoms with Gasteiger partial charge in [-0.15, -0.1) is 0 Å². The molecule has 9 heteroatoms. The highest BCUT2D eigenvalue weighted by Gasteiger charge is 2.43. The lowest BCUT2D eigenvalue weighted by Gasteiger charge is -2.31. The van der Waals surface area contributed by atoms with Crippen LogP contribution in [0.5, 0.6) is 5.75 Å². The smallest absolute Gasteiger partial charge is 0.335 e. The summed E-state index contributed by atoms with van der Waals surface area (Å²) in [6.07, 6.45) is 0. The standard InChI is InChI=1S/C21H20N4O5/c1-12(22-14-4-6-15(7-5-14)23-13(2)26)18-19(27)24-21(29)25(20(18)28)16-8-10-17(30-3)11-9-16/h4-11,18,22H,1H2,2-3H3,(H,23,26)(H,24,27,29)/t18-/m0/s1. The molecule has 1 fully saturated rings. The Morgan fingerprint density at radius 2 is 1.57 bits per heavy atom. The molecule has 0 bridgehead atoms. The molecule has 0 unspecified atom stereocenters. The molecular formula is C21H20N4O5. The van der Waals surface area contributed by atoms with Crippen LogP contribution in [0.4, 0.5) is 21.9 Å². The molecule has 0 aromatic heterocycles. The molecule has 5 amide bonds. The van der Waals surface area contributed by atoms with Gasteiger partial charge >= 0.3 is 6.03 Å². The lowest BCUT2D eigenvalue weighted by Crippen LogP contribution is -2.59. The zero-order valence-electron chi connectivity index (χ0n) is 16.4. The van der Waals surface area contributed by atoms with Crippen LogP contribution in [-0.4, -0.2) is 30.9 Å². The third kappa shape index (κ3) is 4.30. The second-order valence-electron chi connectivity index (χ2n) is 6.51. The SMILES string of the molecule is C=C(Nc1ccc(NC(C)=O)cc1)[C@H]1C(=O)NC(=O)N(c2ccc(OC)cc2)C1=O. The van der Waals surface area contributed by atoms with Gasteiger partial charge in [0.1, 0.15) is 5.75 Å². The summed E-state index contributed by atoms with van der Waals surface area (Å²) in [5.41, 5.74) is 1.56. The van der Waals surface area contributed by atoms with E-state index >= 15 is 0 Å². The Hall–Kier alpha value is -4.14. The topological polar surface area (TPSA) is 117 Å². The van der Waals surface area contributed by atoms with Crippen LogP contribution in [0.25, 0.3) is 0 Å². The van der Waals surface area contributed by atoms with Gasteiger partial charge in [0.2, 0.25) is 11.8 Å². The fourth-order valence-corrected chi connectivity index (χ4v) is 2.96. The van der Waals surface area contributed by atoms with Crippen LogP contribution in [0.1, 0.15) is 6.92 Å². The van der Waals surface area contributed by atoms with Gasteiger partial charge in [-0.05, 0) is 48.5 Å². The Kier molecular flexibility index (Phi) is 5.82. The Balaban J connectivity index is 1.78. The molecule has 1 heterocycles. The second kappa shape index (κ2) is 8.48. The van der Waals surface area contributed by atoms with Gasteiger partial charge in [-0.3, -0.25) is 19.7 Å². The molecule has 1 aliphatic heterocycles. The fraction of sp³-hybridized carbons (Fsp3) is 0.143. The van der Waals surface area contributed by atoms with E-state index in [2.05, 4.69) is 22.5 Å². The zero-order chi connectivity index (χ0) is 21.8. The van der Waals surface area contributed by atoms with E-state index in [1.54, 1.807) is 48.5 Å². The molecule has 0 aliphatic carbocycles. The van der Waals surface area contributed by atoms with Crippen LogP contribution in [0, 0.1) is 5.92 Å². The number of benzene rings is 2. The molecule has 0 spiro atoms. The van der Waals surface area contributed by atoms with E-state index in [1.165, 1.54) is 14.0 Å². The number of hydrogen-bond donors (Lipinski definition) is 3.